The van der Waals surface area contributed by atoms with Crippen molar-refractivity contribution in [3.8, 4) is 0 Å². The number of fused-ring (bicyclic) bond motifs is 1. The first-order valence-electron chi connectivity index (χ1n) is 6.56. The fourth-order valence-electron chi connectivity index (χ4n) is 2.80. The van der Waals surface area contributed by atoms with Crippen LogP contribution < -0.4 is 5.73 Å². The lowest BCUT2D eigenvalue weighted by Crippen LogP contribution is -2.37. The van der Waals surface area contributed by atoms with Gasteiger partial charge in [-0.1, -0.05) is 18.2 Å². The Morgan fingerprint density at radius 3 is 2.95 bits per heavy atom. The monoisotopic (exact) mass is 258 g/mol. The Balaban J connectivity index is 2.08. The number of hydrogen-bond donors (Lipinski definition) is 2. The van der Waals surface area contributed by atoms with Crippen molar-refractivity contribution in [1.29, 1.82) is 0 Å². The van der Waals surface area contributed by atoms with Gasteiger partial charge in [0.1, 0.15) is 0 Å². The first-order chi connectivity index (χ1) is 9.27. The average Bonchev–Trinajstić information content (AvgIpc) is 2.96. The van der Waals surface area contributed by atoms with E-state index in [2.05, 4.69) is 4.98 Å². The third kappa shape index (κ3) is 2.02. The summed E-state index contributed by atoms with van der Waals surface area (Å²) in [5, 5.41) is 11.8. The van der Waals surface area contributed by atoms with E-state index in [1.165, 1.54) is 0 Å². The third-order valence-electron chi connectivity index (χ3n) is 4.10. The maximum absolute atomic E-state index is 10.8. The molecule has 19 heavy (non-hydrogen) atoms. The van der Waals surface area contributed by atoms with E-state index in [4.69, 9.17) is 10.5 Å². The number of para-hydroxylation sites is 1. The molecule has 0 bridgehead atoms. The minimum atomic E-state index is -0.618. The molecule has 1 fully saturated rings. The van der Waals surface area contributed by atoms with Gasteiger partial charge in [0, 0.05) is 30.1 Å². The van der Waals surface area contributed by atoms with Gasteiger partial charge in [0.25, 0.3) is 0 Å². The highest BCUT2D eigenvalue weighted by molar-refractivity contribution is 5.82. The van der Waals surface area contributed by atoms with E-state index in [1.807, 2.05) is 30.3 Å². The number of hydrogen-bond acceptors (Lipinski definition) is 4. The van der Waals surface area contributed by atoms with E-state index in [0.717, 1.165) is 22.9 Å². The topological polar surface area (TPSA) is 68.4 Å². The minimum Gasteiger partial charge on any atom is -0.388 e. The maximum Gasteiger partial charge on any atom is 0.0888 e. The Hall–Kier alpha value is -1.49. The highest BCUT2D eigenvalue weighted by Crippen LogP contribution is 2.41. The zero-order valence-corrected chi connectivity index (χ0v) is 10.7. The molecule has 0 saturated carbocycles. The Morgan fingerprint density at radius 2 is 2.21 bits per heavy atom. The van der Waals surface area contributed by atoms with Crippen molar-refractivity contribution in [3.63, 3.8) is 0 Å². The van der Waals surface area contributed by atoms with E-state index in [1.54, 1.807) is 6.20 Å². The van der Waals surface area contributed by atoms with Crippen molar-refractivity contribution < 1.29 is 9.84 Å². The van der Waals surface area contributed by atoms with Crippen LogP contribution in [0.4, 0.5) is 0 Å². The summed E-state index contributed by atoms with van der Waals surface area (Å²) in [5.74, 6) is 0. The molecule has 2 aromatic rings. The lowest BCUT2D eigenvalue weighted by molar-refractivity contribution is 0.0200. The van der Waals surface area contributed by atoms with Gasteiger partial charge in [-0.3, -0.25) is 4.98 Å². The second kappa shape index (κ2) is 4.89. The van der Waals surface area contributed by atoms with Gasteiger partial charge in [0.05, 0.1) is 18.2 Å². The predicted molar refractivity (Wildman–Crippen MR) is 73.6 cm³/mol. The van der Waals surface area contributed by atoms with Crippen LogP contribution >= 0.6 is 0 Å². The summed E-state index contributed by atoms with van der Waals surface area (Å²) in [5.41, 5.74) is 7.31. The number of pyridine rings is 1. The molecule has 100 valence electrons. The van der Waals surface area contributed by atoms with E-state index >= 15 is 0 Å². The van der Waals surface area contributed by atoms with Gasteiger partial charge in [-0.05, 0) is 24.1 Å². The van der Waals surface area contributed by atoms with Crippen LogP contribution in [-0.2, 0) is 4.74 Å². The maximum atomic E-state index is 10.8. The van der Waals surface area contributed by atoms with Crippen LogP contribution in [0.3, 0.4) is 0 Å². The number of aliphatic hydroxyl groups excluding tert-OH is 1. The van der Waals surface area contributed by atoms with Gasteiger partial charge >= 0.3 is 0 Å². The largest absolute Gasteiger partial charge is 0.388 e. The van der Waals surface area contributed by atoms with Crippen LogP contribution in [0.2, 0.25) is 0 Å². The van der Waals surface area contributed by atoms with Crippen molar-refractivity contribution in [3.05, 3.63) is 42.1 Å². The molecule has 2 unspecified atom stereocenters. The Labute approximate surface area is 112 Å². The summed E-state index contributed by atoms with van der Waals surface area (Å²) in [6.45, 7) is 1.60. The number of benzene rings is 1. The molecule has 1 aliphatic heterocycles. The summed E-state index contributed by atoms with van der Waals surface area (Å²) in [4.78, 5) is 4.33. The minimum absolute atomic E-state index is 0.371. The van der Waals surface area contributed by atoms with Crippen LogP contribution in [0, 0.1) is 5.41 Å². The van der Waals surface area contributed by atoms with E-state index < -0.39 is 6.10 Å². The fraction of sp³-hybridized carbons (Fsp3) is 0.400. The van der Waals surface area contributed by atoms with Crippen molar-refractivity contribution in [1.82, 2.24) is 4.98 Å². The lowest BCUT2D eigenvalue weighted by Gasteiger charge is -2.32. The second-order valence-corrected chi connectivity index (χ2v) is 5.19. The number of rotatable bonds is 3. The molecule has 3 rings (SSSR count). The second-order valence-electron chi connectivity index (χ2n) is 5.19. The zero-order chi connectivity index (χ0) is 13.3. The summed E-state index contributed by atoms with van der Waals surface area (Å²) >= 11 is 0. The molecule has 0 radical (unpaired) electrons. The average molecular weight is 258 g/mol. The van der Waals surface area contributed by atoms with Gasteiger partial charge in [-0.25, -0.2) is 0 Å². The number of nitrogens with two attached hydrogens (primary N) is 1. The lowest BCUT2D eigenvalue weighted by atomic mass is 9.77. The van der Waals surface area contributed by atoms with Crippen LogP contribution in [0.25, 0.3) is 10.9 Å². The summed E-state index contributed by atoms with van der Waals surface area (Å²) in [6, 6.07) is 9.72. The van der Waals surface area contributed by atoms with Gasteiger partial charge in [-0.15, -0.1) is 0 Å². The van der Waals surface area contributed by atoms with Crippen LogP contribution in [0.15, 0.2) is 36.5 Å². The van der Waals surface area contributed by atoms with Crippen molar-refractivity contribution in [2.75, 3.05) is 19.8 Å². The molecule has 0 aliphatic carbocycles. The zero-order valence-electron chi connectivity index (χ0n) is 10.7. The summed E-state index contributed by atoms with van der Waals surface area (Å²) < 4.78 is 5.45. The first kappa shape index (κ1) is 12.5. The molecular formula is C15H18N2O2. The molecule has 2 atom stereocenters. The quantitative estimate of drug-likeness (QED) is 0.878. The first-order valence-corrected chi connectivity index (χ1v) is 6.56. The highest BCUT2D eigenvalue weighted by atomic mass is 16.5. The molecular weight excluding hydrogens is 240 g/mol. The van der Waals surface area contributed by atoms with Crippen LogP contribution in [0.5, 0.6) is 0 Å². The fourth-order valence-corrected chi connectivity index (χ4v) is 2.80. The highest BCUT2D eigenvalue weighted by Gasteiger charge is 2.41. The molecule has 1 aromatic carbocycles. The summed E-state index contributed by atoms with van der Waals surface area (Å²) in [7, 11) is 0. The molecule has 0 spiro atoms. The molecule has 1 aliphatic rings. The number of aromatic nitrogens is 1. The molecule has 4 nitrogen and oxygen atoms in total. The standard InChI is InChI=1S/C15H18N2O2/c16-9-15(6-8-19-10-15)14(18)12-5-7-17-13-4-2-1-3-11(12)13/h1-5,7,14,18H,6,8-10,16H2. The summed E-state index contributed by atoms with van der Waals surface area (Å²) in [6.07, 6.45) is 1.91. The molecule has 1 aromatic heterocycles. The smallest absolute Gasteiger partial charge is 0.0888 e. The van der Waals surface area contributed by atoms with Crippen molar-refractivity contribution in [2.45, 2.75) is 12.5 Å². The number of nitrogens with zero attached hydrogens (tertiary/aromatic N) is 1. The molecule has 1 saturated heterocycles. The Bertz CT molecular complexity index is 574. The van der Waals surface area contributed by atoms with Crippen LogP contribution in [-0.4, -0.2) is 29.8 Å². The van der Waals surface area contributed by atoms with E-state index in [9.17, 15) is 5.11 Å². The predicted octanol–water partition coefficient (Wildman–Crippen LogP) is 1.63. The van der Waals surface area contributed by atoms with Gasteiger partial charge in [-0.2, -0.15) is 0 Å². The molecule has 3 N–H and O–H groups in total. The molecule has 0 amide bonds. The van der Waals surface area contributed by atoms with E-state index in [-0.39, 0.29) is 5.41 Å². The normalized spacial score (nSPS) is 24.7. The van der Waals surface area contributed by atoms with Crippen molar-refractivity contribution in [2.24, 2.45) is 11.1 Å². The Kier molecular flexibility index (Phi) is 3.22. The van der Waals surface area contributed by atoms with E-state index in [0.29, 0.717) is 19.8 Å². The van der Waals surface area contributed by atoms with Gasteiger partial charge in [0.2, 0.25) is 0 Å². The van der Waals surface area contributed by atoms with Gasteiger partial charge in [0.15, 0.2) is 0 Å². The SMILES string of the molecule is NCC1(C(O)c2ccnc3ccccc23)CCOC1. The Morgan fingerprint density at radius 1 is 1.37 bits per heavy atom. The third-order valence-corrected chi connectivity index (χ3v) is 4.10. The number of ether oxygens (including phenoxy) is 1. The molecule has 2 heterocycles. The van der Waals surface area contributed by atoms with Gasteiger partial charge < -0.3 is 15.6 Å². The number of aliphatic hydroxyl groups is 1. The molecule has 4 heteroatoms. The van der Waals surface area contributed by atoms with Crippen LogP contribution in [0.1, 0.15) is 18.1 Å². The van der Waals surface area contributed by atoms with Crippen molar-refractivity contribution >= 4 is 10.9 Å².